The molecule has 2 aliphatic heterocycles. The van der Waals surface area contributed by atoms with Gasteiger partial charge in [0.1, 0.15) is 5.69 Å². The molecule has 0 radical (unpaired) electrons. The molecule has 0 saturated carbocycles. The quantitative estimate of drug-likeness (QED) is 0.695. The first kappa shape index (κ1) is 16.7. The van der Waals surface area contributed by atoms with Crippen molar-refractivity contribution in [3.05, 3.63) is 89.2 Å². The summed E-state index contributed by atoms with van der Waals surface area (Å²) in [7, 11) is 0. The van der Waals surface area contributed by atoms with Crippen molar-refractivity contribution in [2.24, 2.45) is 0 Å². The van der Waals surface area contributed by atoms with E-state index in [0.717, 1.165) is 29.8 Å². The van der Waals surface area contributed by atoms with Gasteiger partial charge in [-0.1, -0.05) is 36.4 Å². The van der Waals surface area contributed by atoms with Crippen LogP contribution in [0.3, 0.4) is 0 Å². The van der Waals surface area contributed by atoms with Crippen LogP contribution in [0.2, 0.25) is 0 Å². The van der Waals surface area contributed by atoms with Gasteiger partial charge in [-0.2, -0.15) is 0 Å². The summed E-state index contributed by atoms with van der Waals surface area (Å²) >= 11 is 0. The van der Waals surface area contributed by atoms with E-state index in [-0.39, 0.29) is 11.8 Å². The summed E-state index contributed by atoms with van der Waals surface area (Å²) in [5.41, 5.74) is 5.01. The van der Waals surface area contributed by atoms with E-state index in [9.17, 15) is 9.59 Å². The van der Waals surface area contributed by atoms with Gasteiger partial charge in [-0.3, -0.25) is 14.6 Å². The molecular weight excluding hydrogens is 350 g/mol. The van der Waals surface area contributed by atoms with Gasteiger partial charge in [-0.25, -0.2) is 0 Å². The molecule has 0 fully saturated rings. The minimum Gasteiger partial charge on any atom is -0.308 e. The first-order chi connectivity index (χ1) is 13.7. The zero-order valence-corrected chi connectivity index (χ0v) is 15.3. The maximum absolute atomic E-state index is 13.1. The lowest BCUT2D eigenvalue weighted by Crippen LogP contribution is -2.31. The minimum atomic E-state index is -0.165. The molecule has 0 N–H and O–H groups in total. The van der Waals surface area contributed by atoms with E-state index in [0.29, 0.717) is 24.3 Å². The third kappa shape index (κ3) is 2.67. The molecule has 2 aliphatic rings. The fourth-order valence-corrected chi connectivity index (χ4v) is 4.07. The number of anilines is 2. The molecule has 2 aromatic carbocycles. The van der Waals surface area contributed by atoms with E-state index in [4.69, 9.17) is 0 Å². The molecule has 5 nitrogen and oxygen atoms in total. The predicted molar refractivity (Wildman–Crippen MR) is 108 cm³/mol. The Morgan fingerprint density at radius 2 is 1.32 bits per heavy atom. The maximum atomic E-state index is 13.1. The third-order valence-electron chi connectivity index (χ3n) is 5.49. The number of rotatable bonds is 2. The summed E-state index contributed by atoms with van der Waals surface area (Å²) in [5, 5.41) is 0. The van der Waals surface area contributed by atoms with E-state index in [1.165, 1.54) is 5.56 Å². The highest BCUT2D eigenvalue weighted by Crippen LogP contribution is 2.30. The standard InChI is InChI=1S/C23H19N3O2/c27-22(25-13-10-16-5-1-3-7-20(16)25)18-9-12-24-19(15-18)23(28)26-14-11-17-6-2-4-8-21(17)26/h1-9,12,15H,10-11,13-14H2. The lowest BCUT2D eigenvalue weighted by molar-refractivity contribution is 0.0984. The van der Waals surface area contributed by atoms with Crippen molar-refractivity contribution in [1.29, 1.82) is 0 Å². The molecule has 1 aromatic heterocycles. The highest BCUT2D eigenvalue weighted by Gasteiger charge is 2.28. The zero-order valence-electron chi connectivity index (χ0n) is 15.3. The Bertz CT molecular complexity index is 1010. The molecule has 2 amide bonds. The van der Waals surface area contributed by atoms with Crippen LogP contribution < -0.4 is 9.80 Å². The van der Waals surface area contributed by atoms with Crippen LogP contribution in [0.4, 0.5) is 11.4 Å². The van der Waals surface area contributed by atoms with Crippen LogP contribution in [0.1, 0.15) is 32.0 Å². The number of fused-ring (bicyclic) bond motifs is 2. The smallest absolute Gasteiger partial charge is 0.276 e. The van der Waals surface area contributed by atoms with Gasteiger partial charge in [0.2, 0.25) is 0 Å². The molecule has 5 rings (SSSR count). The molecule has 0 unspecified atom stereocenters. The second kappa shape index (κ2) is 6.60. The van der Waals surface area contributed by atoms with Crippen molar-refractivity contribution in [3.63, 3.8) is 0 Å². The summed E-state index contributed by atoms with van der Waals surface area (Å²) in [4.78, 5) is 33.9. The van der Waals surface area contributed by atoms with Gasteiger partial charge in [0.05, 0.1) is 0 Å². The topological polar surface area (TPSA) is 53.5 Å². The van der Waals surface area contributed by atoms with Crippen LogP contribution in [0.5, 0.6) is 0 Å². The SMILES string of the molecule is O=C(c1ccnc(C(=O)N2CCc3ccccc32)c1)N1CCc2ccccc21. The molecule has 0 bridgehead atoms. The predicted octanol–water partition coefficient (Wildman–Crippen LogP) is 3.49. The number of carbonyl (C=O) groups excluding carboxylic acids is 2. The fourth-order valence-electron chi connectivity index (χ4n) is 4.07. The number of pyridine rings is 1. The molecule has 5 heteroatoms. The molecule has 3 heterocycles. The number of benzene rings is 2. The van der Waals surface area contributed by atoms with Gasteiger partial charge in [0, 0.05) is 36.2 Å². The summed E-state index contributed by atoms with van der Waals surface area (Å²) in [5.74, 6) is -0.260. The Labute approximate surface area is 163 Å². The first-order valence-corrected chi connectivity index (χ1v) is 9.48. The highest BCUT2D eigenvalue weighted by molar-refractivity contribution is 6.10. The lowest BCUT2D eigenvalue weighted by Gasteiger charge is -2.19. The Balaban J connectivity index is 1.43. The highest BCUT2D eigenvalue weighted by atomic mass is 16.2. The molecular formula is C23H19N3O2. The van der Waals surface area contributed by atoms with Crippen molar-refractivity contribution in [2.45, 2.75) is 12.8 Å². The zero-order chi connectivity index (χ0) is 19.1. The van der Waals surface area contributed by atoms with E-state index < -0.39 is 0 Å². The fraction of sp³-hybridized carbons (Fsp3) is 0.174. The number of para-hydroxylation sites is 2. The minimum absolute atomic E-state index is 0.0942. The van der Waals surface area contributed by atoms with Gasteiger partial charge >= 0.3 is 0 Å². The Hall–Kier alpha value is -3.47. The van der Waals surface area contributed by atoms with Gasteiger partial charge in [-0.15, -0.1) is 0 Å². The van der Waals surface area contributed by atoms with Crippen molar-refractivity contribution in [3.8, 4) is 0 Å². The van der Waals surface area contributed by atoms with Crippen LogP contribution in [0.15, 0.2) is 66.9 Å². The Morgan fingerprint density at radius 1 is 0.750 bits per heavy atom. The van der Waals surface area contributed by atoms with Gasteiger partial charge in [-0.05, 0) is 48.2 Å². The van der Waals surface area contributed by atoms with Crippen LogP contribution in [-0.4, -0.2) is 29.9 Å². The van der Waals surface area contributed by atoms with E-state index in [2.05, 4.69) is 11.1 Å². The molecule has 138 valence electrons. The van der Waals surface area contributed by atoms with Crippen LogP contribution in [0.25, 0.3) is 0 Å². The molecule has 28 heavy (non-hydrogen) atoms. The molecule has 0 atom stereocenters. The summed E-state index contributed by atoms with van der Waals surface area (Å²) in [6.07, 6.45) is 3.23. The van der Waals surface area contributed by atoms with Crippen molar-refractivity contribution >= 4 is 23.2 Å². The maximum Gasteiger partial charge on any atom is 0.276 e. The van der Waals surface area contributed by atoms with Crippen molar-refractivity contribution < 1.29 is 9.59 Å². The number of amides is 2. The number of aromatic nitrogens is 1. The van der Waals surface area contributed by atoms with Gasteiger partial charge < -0.3 is 9.80 Å². The second-order valence-electron chi connectivity index (χ2n) is 7.10. The number of hydrogen-bond donors (Lipinski definition) is 0. The van der Waals surface area contributed by atoms with Crippen LogP contribution >= 0.6 is 0 Å². The van der Waals surface area contributed by atoms with E-state index >= 15 is 0 Å². The number of nitrogens with zero attached hydrogens (tertiary/aromatic N) is 3. The van der Waals surface area contributed by atoms with E-state index in [1.807, 2.05) is 42.5 Å². The van der Waals surface area contributed by atoms with E-state index in [1.54, 1.807) is 28.1 Å². The van der Waals surface area contributed by atoms with Gasteiger partial charge in [0.25, 0.3) is 11.8 Å². The number of hydrogen-bond acceptors (Lipinski definition) is 3. The lowest BCUT2D eigenvalue weighted by atomic mass is 10.1. The average Bonchev–Trinajstić information content (AvgIpc) is 3.37. The summed E-state index contributed by atoms with van der Waals surface area (Å²) in [6.45, 7) is 1.29. The Kier molecular flexibility index (Phi) is 3.93. The average molecular weight is 369 g/mol. The Morgan fingerprint density at radius 3 is 1.96 bits per heavy atom. The molecule has 0 spiro atoms. The largest absolute Gasteiger partial charge is 0.308 e. The molecule has 0 aliphatic carbocycles. The summed E-state index contributed by atoms with van der Waals surface area (Å²) < 4.78 is 0. The van der Waals surface area contributed by atoms with Crippen LogP contribution in [0, 0.1) is 0 Å². The first-order valence-electron chi connectivity index (χ1n) is 9.48. The third-order valence-corrected chi connectivity index (χ3v) is 5.49. The molecule has 3 aromatic rings. The van der Waals surface area contributed by atoms with Crippen LogP contribution in [-0.2, 0) is 12.8 Å². The van der Waals surface area contributed by atoms with Crippen molar-refractivity contribution in [2.75, 3.05) is 22.9 Å². The molecule has 0 saturated heterocycles. The second-order valence-corrected chi connectivity index (χ2v) is 7.10. The monoisotopic (exact) mass is 369 g/mol. The number of carbonyl (C=O) groups is 2. The van der Waals surface area contributed by atoms with Crippen molar-refractivity contribution in [1.82, 2.24) is 4.98 Å². The normalized spacial score (nSPS) is 14.7. The van der Waals surface area contributed by atoms with Gasteiger partial charge in [0.15, 0.2) is 0 Å². The summed E-state index contributed by atoms with van der Waals surface area (Å²) in [6, 6.07) is 19.2.